The number of rotatable bonds is 1. The maximum atomic E-state index is 12.5. The van der Waals surface area contributed by atoms with Gasteiger partial charge in [-0.05, 0) is 29.8 Å². The summed E-state index contributed by atoms with van der Waals surface area (Å²) in [6, 6.07) is 22.7. The zero-order valence-electron chi connectivity index (χ0n) is 12.7. The Kier molecular flexibility index (Phi) is 2.67. The van der Waals surface area contributed by atoms with Crippen molar-refractivity contribution in [3.05, 3.63) is 72.3 Å². The Morgan fingerprint density at radius 1 is 0.958 bits per heavy atom. The summed E-state index contributed by atoms with van der Waals surface area (Å²) < 4.78 is 5.84. The zero-order valence-corrected chi connectivity index (χ0v) is 12.7. The maximum absolute atomic E-state index is 12.5. The van der Waals surface area contributed by atoms with Crippen LogP contribution in [-0.4, -0.2) is 6.03 Å². The van der Waals surface area contributed by atoms with Crippen LogP contribution in [0.25, 0.3) is 21.9 Å². The van der Waals surface area contributed by atoms with Crippen LogP contribution in [0, 0.1) is 6.07 Å². The number of amides is 2. The van der Waals surface area contributed by atoms with Gasteiger partial charge < -0.3 is 9.73 Å². The fraction of sp³-hybridized carbons (Fsp3) is 0.0500. The Hall–Kier alpha value is -3.27. The Labute approximate surface area is 138 Å². The Morgan fingerprint density at radius 2 is 1.79 bits per heavy atom. The Morgan fingerprint density at radius 3 is 2.75 bits per heavy atom. The SMILES string of the molecule is O=C1NCc2ccccc2N1c1[c]c2c(cc1)oc1ccccc12. The molecule has 2 amide bonds. The first-order valence-electron chi connectivity index (χ1n) is 7.81. The van der Waals surface area contributed by atoms with Crippen LogP contribution in [0.1, 0.15) is 5.56 Å². The molecule has 0 saturated heterocycles. The smallest absolute Gasteiger partial charge is 0.326 e. The molecule has 0 unspecified atom stereocenters. The average Bonchev–Trinajstić information content (AvgIpc) is 2.99. The quantitative estimate of drug-likeness (QED) is 0.551. The number of hydrogen-bond donors (Lipinski definition) is 1. The monoisotopic (exact) mass is 313 g/mol. The molecule has 1 aliphatic rings. The van der Waals surface area contributed by atoms with E-state index in [2.05, 4.69) is 11.4 Å². The standard InChI is InChI=1S/C20H13N2O2/c23-20-21-12-13-5-1-3-7-17(13)22(20)14-9-10-19-16(11-14)15-6-2-4-8-18(15)24-19/h1-10H,12H2,(H,21,23). The third kappa shape index (κ3) is 1.83. The van der Waals surface area contributed by atoms with E-state index in [-0.39, 0.29) is 6.03 Å². The minimum Gasteiger partial charge on any atom is -0.456 e. The van der Waals surface area contributed by atoms with Gasteiger partial charge in [0.25, 0.3) is 0 Å². The second-order valence-electron chi connectivity index (χ2n) is 5.80. The van der Waals surface area contributed by atoms with E-state index in [4.69, 9.17) is 4.42 Å². The van der Waals surface area contributed by atoms with Crippen molar-refractivity contribution in [2.24, 2.45) is 0 Å². The lowest BCUT2D eigenvalue weighted by atomic mass is 10.1. The largest absolute Gasteiger partial charge is 0.456 e. The van der Waals surface area contributed by atoms with Crippen LogP contribution in [-0.2, 0) is 6.54 Å². The molecule has 0 aliphatic carbocycles. The highest BCUT2D eigenvalue weighted by Crippen LogP contribution is 2.35. The van der Waals surface area contributed by atoms with Gasteiger partial charge in [0.1, 0.15) is 11.2 Å². The van der Waals surface area contributed by atoms with Gasteiger partial charge in [-0.25, -0.2) is 4.79 Å². The fourth-order valence-corrected chi connectivity index (χ4v) is 3.24. The molecule has 0 atom stereocenters. The number of carbonyl (C=O) groups excluding carboxylic acids is 1. The van der Waals surface area contributed by atoms with Crippen molar-refractivity contribution >= 4 is 39.3 Å². The summed E-state index contributed by atoms with van der Waals surface area (Å²) in [4.78, 5) is 14.1. The fourth-order valence-electron chi connectivity index (χ4n) is 3.24. The second-order valence-corrected chi connectivity index (χ2v) is 5.80. The van der Waals surface area contributed by atoms with Gasteiger partial charge >= 0.3 is 6.03 Å². The third-order valence-electron chi connectivity index (χ3n) is 4.37. The summed E-state index contributed by atoms with van der Waals surface area (Å²) >= 11 is 0. The zero-order chi connectivity index (χ0) is 16.1. The number of urea groups is 1. The summed E-state index contributed by atoms with van der Waals surface area (Å²) in [5.74, 6) is 0. The number of carbonyl (C=O) groups is 1. The predicted octanol–water partition coefficient (Wildman–Crippen LogP) is 4.75. The lowest BCUT2D eigenvalue weighted by molar-refractivity contribution is 0.247. The van der Waals surface area contributed by atoms with Crippen molar-refractivity contribution in [3.63, 3.8) is 0 Å². The number of anilines is 2. The topological polar surface area (TPSA) is 45.5 Å². The molecular weight excluding hydrogens is 300 g/mol. The van der Waals surface area contributed by atoms with Crippen LogP contribution in [0.5, 0.6) is 0 Å². The van der Waals surface area contributed by atoms with E-state index in [9.17, 15) is 4.79 Å². The molecule has 1 aliphatic heterocycles. The number of para-hydroxylation sites is 2. The van der Waals surface area contributed by atoms with E-state index in [1.165, 1.54) is 0 Å². The van der Waals surface area contributed by atoms with E-state index < -0.39 is 0 Å². The minimum absolute atomic E-state index is 0.142. The number of furan rings is 1. The van der Waals surface area contributed by atoms with Gasteiger partial charge in [0.15, 0.2) is 0 Å². The highest BCUT2D eigenvalue weighted by atomic mass is 16.3. The molecule has 4 aromatic rings. The van der Waals surface area contributed by atoms with Crippen molar-refractivity contribution in [3.8, 4) is 0 Å². The van der Waals surface area contributed by atoms with Crippen molar-refractivity contribution in [2.75, 3.05) is 4.90 Å². The molecule has 1 radical (unpaired) electrons. The lowest BCUT2D eigenvalue weighted by Crippen LogP contribution is -2.41. The van der Waals surface area contributed by atoms with Gasteiger partial charge in [-0.15, -0.1) is 0 Å². The molecule has 24 heavy (non-hydrogen) atoms. The van der Waals surface area contributed by atoms with Crippen molar-refractivity contribution in [1.29, 1.82) is 0 Å². The number of benzene rings is 3. The first kappa shape index (κ1) is 13.2. The van der Waals surface area contributed by atoms with E-state index >= 15 is 0 Å². The number of nitrogens with zero attached hydrogens (tertiary/aromatic N) is 1. The first-order valence-corrected chi connectivity index (χ1v) is 7.81. The number of nitrogens with one attached hydrogen (secondary N) is 1. The molecule has 2 heterocycles. The third-order valence-corrected chi connectivity index (χ3v) is 4.37. The molecule has 4 heteroatoms. The normalized spacial score (nSPS) is 14.0. The first-order chi connectivity index (χ1) is 11.8. The van der Waals surface area contributed by atoms with Crippen LogP contribution in [0.15, 0.2) is 65.1 Å². The average molecular weight is 313 g/mol. The van der Waals surface area contributed by atoms with Crippen molar-refractivity contribution in [2.45, 2.75) is 6.54 Å². The highest BCUT2D eigenvalue weighted by molar-refractivity contribution is 6.08. The van der Waals surface area contributed by atoms with Crippen LogP contribution >= 0.6 is 0 Å². The summed E-state index contributed by atoms with van der Waals surface area (Å²) in [6.45, 7) is 0.544. The predicted molar refractivity (Wildman–Crippen MR) is 93.4 cm³/mol. The van der Waals surface area contributed by atoms with Gasteiger partial charge in [0.2, 0.25) is 0 Å². The molecule has 0 bridgehead atoms. The van der Waals surface area contributed by atoms with Gasteiger partial charge in [-0.2, -0.15) is 0 Å². The van der Waals surface area contributed by atoms with Crippen LogP contribution < -0.4 is 10.2 Å². The molecular formula is C20H13N2O2. The van der Waals surface area contributed by atoms with Gasteiger partial charge in [-0.1, -0.05) is 36.4 Å². The molecule has 115 valence electrons. The molecule has 0 saturated carbocycles. The van der Waals surface area contributed by atoms with Gasteiger partial charge in [0.05, 0.1) is 11.4 Å². The Bertz CT molecular complexity index is 1100. The minimum atomic E-state index is -0.142. The summed E-state index contributed by atoms with van der Waals surface area (Å²) in [5, 5.41) is 4.80. The van der Waals surface area contributed by atoms with E-state index in [0.29, 0.717) is 12.2 Å². The summed E-state index contributed by atoms with van der Waals surface area (Å²) in [7, 11) is 0. The van der Waals surface area contributed by atoms with Gasteiger partial charge in [0, 0.05) is 23.4 Å². The molecule has 1 N–H and O–H groups in total. The van der Waals surface area contributed by atoms with Gasteiger partial charge in [-0.3, -0.25) is 4.90 Å². The second kappa shape index (κ2) is 4.86. The summed E-state index contributed by atoms with van der Waals surface area (Å²) in [5.41, 5.74) is 4.28. The van der Waals surface area contributed by atoms with Crippen molar-refractivity contribution in [1.82, 2.24) is 5.32 Å². The highest BCUT2D eigenvalue weighted by Gasteiger charge is 2.25. The maximum Gasteiger partial charge on any atom is 0.326 e. The van der Waals surface area contributed by atoms with E-state index in [0.717, 1.165) is 33.2 Å². The van der Waals surface area contributed by atoms with Crippen LogP contribution in [0.4, 0.5) is 16.2 Å². The van der Waals surface area contributed by atoms with Crippen LogP contribution in [0.2, 0.25) is 0 Å². The van der Waals surface area contributed by atoms with Crippen molar-refractivity contribution < 1.29 is 9.21 Å². The summed E-state index contributed by atoms with van der Waals surface area (Å²) in [6.07, 6.45) is 0. The van der Waals surface area contributed by atoms with Crippen LogP contribution in [0.3, 0.4) is 0 Å². The molecule has 4 nitrogen and oxygen atoms in total. The molecule has 3 aromatic carbocycles. The molecule has 0 spiro atoms. The number of fused-ring (bicyclic) bond motifs is 4. The van der Waals surface area contributed by atoms with E-state index in [1.54, 1.807) is 4.90 Å². The molecule has 0 fully saturated rings. The van der Waals surface area contributed by atoms with E-state index in [1.807, 2.05) is 60.7 Å². The Balaban J connectivity index is 1.74. The molecule has 1 aromatic heterocycles. The number of hydrogen-bond acceptors (Lipinski definition) is 2. The lowest BCUT2D eigenvalue weighted by Gasteiger charge is -2.29. The molecule has 5 rings (SSSR count).